The average Bonchev–Trinajstić information content (AvgIpc) is 2.97. The Kier molecular flexibility index (Phi) is 3.71. The summed E-state index contributed by atoms with van der Waals surface area (Å²) >= 11 is 0. The Bertz CT molecular complexity index is 605. The third kappa shape index (κ3) is 2.37. The van der Waals surface area contributed by atoms with E-state index in [0.29, 0.717) is 6.04 Å². The summed E-state index contributed by atoms with van der Waals surface area (Å²) in [7, 11) is 4.40. The van der Waals surface area contributed by atoms with Gasteiger partial charge < -0.3 is 4.90 Å². The van der Waals surface area contributed by atoms with Crippen molar-refractivity contribution in [2.24, 2.45) is 0 Å². The lowest BCUT2D eigenvalue weighted by Gasteiger charge is -2.33. The van der Waals surface area contributed by atoms with Crippen molar-refractivity contribution < 1.29 is 4.84 Å². The second-order valence-electron chi connectivity index (χ2n) is 7.10. The van der Waals surface area contributed by atoms with Crippen LogP contribution in [0.5, 0.6) is 0 Å². The fourth-order valence-electron chi connectivity index (χ4n) is 4.17. The highest BCUT2D eigenvalue weighted by Crippen LogP contribution is 2.40. The van der Waals surface area contributed by atoms with Gasteiger partial charge in [-0.3, -0.25) is 4.84 Å². The highest BCUT2D eigenvalue weighted by atomic mass is 16.7. The topological polar surface area (TPSA) is 15.7 Å². The first-order chi connectivity index (χ1) is 10.7. The fourth-order valence-corrected chi connectivity index (χ4v) is 4.17. The Morgan fingerprint density at radius 3 is 2.86 bits per heavy atom. The predicted molar refractivity (Wildman–Crippen MR) is 89.9 cm³/mol. The van der Waals surface area contributed by atoms with Crippen LogP contribution in [0.3, 0.4) is 0 Å². The number of fused-ring (bicyclic) bond motifs is 1. The fraction of sp³-hybridized carbons (Fsp3) is 0.579. The van der Waals surface area contributed by atoms with Crippen LogP contribution >= 0.6 is 0 Å². The van der Waals surface area contributed by atoms with Gasteiger partial charge in [-0.2, -0.15) is 0 Å². The number of anilines is 1. The number of likely N-dealkylation sites (N-methyl/N-ethyl adjacent to an activating group) is 1. The van der Waals surface area contributed by atoms with Crippen LogP contribution in [0.4, 0.5) is 5.69 Å². The number of nitrogens with zero attached hydrogens (tertiary/aromatic N) is 2. The molecule has 1 atom stereocenters. The molecule has 4 rings (SSSR count). The molecule has 3 nitrogen and oxygen atoms in total. The van der Waals surface area contributed by atoms with E-state index < -0.39 is 0 Å². The van der Waals surface area contributed by atoms with Crippen molar-refractivity contribution in [1.29, 1.82) is 0 Å². The predicted octanol–water partition coefficient (Wildman–Crippen LogP) is 3.69. The molecule has 1 aromatic rings. The molecule has 2 aliphatic carbocycles. The summed E-state index contributed by atoms with van der Waals surface area (Å²) in [6.07, 6.45) is 8.61. The first-order valence-corrected chi connectivity index (χ1v) is 8.65. The summed E-state index contributed by atoms with van der Waals surface area (Å²) in [5.74, 6) is 0. The lowest BCUT2D eigenvalue weighted by Crippen LogP contribution is -2.34. The van der Waals surface area contributed by atoms with Crippen LogP contribution in [0.25, 0.3) is 0 Å². The summed E-state index contributed by atoms with van der Waals surface area (Å²) < 4.78 is 0. The molecule has 0 fully saturated rings. The Balaban J connectivity index is 1.70. The minimum Gasteiger partial charge on any atom is -0.306 e. The van der Waals surface area contributed by atoms with Crippen LogP contribution in [-0.4, -0.2) is 31.6 Å². The summed E-state index contributed by atoms with van der Waals surface area (Å²) in [5.41, 5.74) is 7.31. The van der Waals surface area contributed by atoms with Crippen molar-refractivity contribution in [3.05, 3.63) is 40.6 Å². The van der Waals surface area contributed by atoms with Gasteiger partial charge in [-0.1, -0.05) is 12.1 Å². The van der Waals surface area contributed by atoms with Gasteiger partial charge in [-0.15, -0.1) is 0 Å². The van der Waals surface area contributed by atoms with E-state index in [1.165, 1.54) is 66.6 Å². The average molecular weight is 298 g/mol. The molecule has 1 heterocycles. The summed E-state index contributed by atoms with van der Waals surface area (Å²) in [6.45, 7) is 0.802. The summed E-state index contributed by atoms with van der Waals surface area (Å²) in [6, 6.07) is 7.41. The Morgan fingerprint density at radius 1 is 1.14 bits per heavy atom. The van der Waals surface area contributed by atoms with Crippen LogP contribution in [0, 0.1) is 0 Å². The number of benzene rings is 1. The quantitative estimate of drug-likeness (QED) is 0.828. The van der Waals surface area contributed by atoms with E-state index in [1.54, 1.807) is 0 Å². The van der Waals surface area contributed by atoms with Crippen molar-refractivity contribution in [3.8, 4) is 0 Å². The maximum Gasteiger partial charge on any atom is 0.0984 e. The van der Waals surface area contributed by atoms with Crippen molar-refractivity contribution in [2.75, 3.05) is 25.8 Å². The Hall–Kier alpha value is -1.32. The first-order valence-electron chi connectivity index (χ1n) is 8.65. The molecule has 0 saturated carbocycles. The molecule has 0 bridgehead atoms. The number of aryl methyl sites for hydroxylation is 1. The highest BCUT2D eigenvalue weighted by molar-refractivity contribution is 5.61. The molecule has 0 aromatic heterocycles. The van der Waals surface area contributed by atoms with E-state index in [2.05, 4.69) is 42.3 Å². The van der Waals surface area contributed by atoms with Crippen LogP contribution in [0.15, 0.2) is 29.5 Å². The van der Waals surface area contributed by atoms with Gasteiger partial charge in [-0.25, -0.2) is 5.06 Å². The number of rotatable bonds is 2. The van der Waals surface area contributed by atoms with Gasteiger partial charge >= 0.3 is 0 Å². The Morgan fingerprint density at radius 2 is 2.00 bits per heavy atom. The maximum absolute atomic E-state index is 6.09. The van der Waals surface area contributed by atoms with Crippen LogP contribution < -0.4 is 5.06 Å². The molecule has 1 aromatic carbocycles. The molecule has 0 radical (unpaired) electrons. The molecule has 22 heavy (non-hydrogen) atoms. The molecule has 3 heteroatoms. The van der Waals surface area contributed by atoms with Gasteiger partial charge in [0.1, 0.15) is 0 Å². The smallest absolute Gasteiger partial charge is 0.0984 e. The second-order valence-corrected chi connectivity index (χ2v) is 7.10. The monoisotopic (exact) mass is 298 g/mol. The zero-order valence-electron chi connectivity index (χ0n) is 13.8. The van der Waals surface area contributed by atoms with Crippen LogP contribution in [-0.2, 0) is 17.7 Å². The number of hydrogen-bond donors (Lipinski definition) is 0. The van der Waals surface area contributed by atoms with Crippen molar-refractivity contribution in [2.45, 2.75) is 51.0 Å². The van der Waals surface area contributed by atoms with E-state index in [9.17, 15) is 0 Å². The molecular formula is C19H26N2O. The second kappa shape index (κ2) is 5.71. The minimum absolute atomic E-state index is 0.649. The lowest BCUT2D eigenvalue weighted by molar-refractivity contribution is 0.169. The normalized spacial score (nSPS) is 24.7. The molecule has 118 valence electrons. The molecule has 1 unspecified atom stereocenters. The molecule has 1 aliphatic heterocycles. The third-order valence-electron chi connectivity index (χ3n) is 5.55. The first kappa shape index (κ1) is 14.3. The van der Waals surface area contributed by atoms with Crippen molar-refractivity contribution >= 4 is 5.69 Å². The van der Waals surface area contributed by atoms with E-state index in [0.717, 1.165) is 13.0 Å². The number of hydroxylamine groups is 1. The van der Waals surface area contributed by atoms with Gasteiger partial charge in [0.25, 0.3) is 0 Å². The minimum atomic E-state index is 0.649. The highest BCUT2D eigenvalue weighted by Gasteiger charge is 2.31. The zero-order valence-corrected chi connectivity index (χ0v) is 13.8. The summed E-state index contributed by atoms with van der Waals surface area (Å²) in [4.78, 5) is 8.46. The van der Waals surface area contributed by atoms with Gasteiger partial charge in [0.2, 0.25) is 0 Å². The van der Waals surface area contributed by atoms with Crippen LogP contribution in [0.1, 0.15) is 43.2 Å². The molecule has 0 N–H and O–H groups in total. The van der Waals surface area contributed by atoms with E-state index in [1.807, 2.05) is 0 Å². The molecule has 3 aliphatic rings. The van der Waals surface area contributed by atoms with Crippen molar-refractivity contribution in [3.63, 3.8) is 0 Å². The lowest BCUT2D eigenvalue weighted by atomic mass is 9.86. The zero-order chi connectivity index (χ0) is 15.1. The van der Waals surface area contributed by atoms with Crippen molar-refractivity contribution in [1.82, 2.24) is 4.90 Å². The molecule has 0 spiro atoms. The molecular weight excluding hydrogens is 272 g/mol. The largest absolute Gasteiger partial charge is 0.306 e. The van der Waals surface area contributed by atoms with Gasteiger partial charge in [0, 0.05) is 11.7 Å². The van der Waals surface area contributed by atoms with Crippen LogP contribution in [0.2, 0.25) is 0 Å². The van der Waals surface area contributed by atoms with E-state index in [4.69, 9.17) is 4.84 Å². The van der Waals surface area contributed by atoms with Gasteiger partial charge in [-0.05, 0) is 81.8 Å². The standard InChI is InChI=1S/C19H26N2O/c1-20(2)16-11-10-14-7-5-9-19(17(14)12-16)21-18-8-4-3-6-15(18)13-22-21/h5,7,9,16H,3-4,6,8,10-13H2,1-2H3. The number of hydrogen-bond acceptors (Lipinski definition) is 3. The van der Waals surface area contributed by atoms with Gasteiger partial charge in [0.15, 0.2) is 0 Å². The Labute approximate surface area is 133 Å². The maximum atomic E-state index is 6.09. The SMILES string of the molecule is CN(C)C1CCc2cccc(N3OCC4=C3CCCC4)c2C1. The third-order valence-corrected chi connectivity index (χ3v) is 5.55. The van der Waals surface area contributed by atoms with Gasteiger partial charge in [0.05, 0.1) is 12.3 Å². The van der Waals surface area contributed by atoms with E-state index in [-0.39, 0.29) is 0 Å². The van der Waals surface area contributed by atoms with E-state index >= 15 is 0 Å². The molecule has 0 amide bonds. The number of allylic oxidation sites excluding steroid dienone is 1. The summed E-state index contributed by atoms with van der Waals surface area (Å²) in [5, 5.41) is 2.17. The molecule has 0 saturated heterocycles.